The zero-order valence-corrected chi connectivity index (χ0v) is 12.0. The Labute approximate surface area is 113 Å². The number of carbonyl (C=O) groups is 1. The van der Waals surface area contributed by atoms with Crippen LogP contribution < -0.4 is 10.6 Å². The standard InChI is InChI=1S/C14H22N2OS/c1-3-11-6-8-18-12(11)9-16-14(17)13-10(2)5-4-7-15-13/h6,8,10,13,15H,3-5,7,9H2,1-2H3,(H,16,17). The van der Waals surface area contributed by atoms with Gasteiger partial charge < -0.3 is 10.6 Å². The Hall–Kier alpha value is -0.870. The van der Waals surface area contributed by atoms with Crippen molar-refractivity contribution in [2.75, 3.05) is 6.54 Å². The van der Waals surface area contributed by atoms with E-state index in [1.165, 1.54) is 16.9 Å². The van der Waals surface area contributed by atoms with E-state index in [1.54, 1.807) is 11.3 Å². The number of thiophene rings is 1. The van der Waals surface area contributed by atoms with Crippen LogP contribution in [-0.2, 0) is 17.8 Å². The minimum Gasteiger partial charge on any atom is -0.350 e. The van der Waals surface area contributed by atoms with Crippen LogP contribution in [0, 0.1) is 5.92 Å². The van der Waals surface area contributed by atoms with E-state index in [-0.39, 0.29) is 11.9 Å². The van der Waals surface area contributed by atoms with Gasteiger partial charge in [0.1, 0.15) is 0 Å². The first-order valence-electron chi connectivity index (χ1n) is 6.78. The van der Waals surface area contributed by atoms with Gasteiger partial charge in [-0.05, 0) is 48.7 Å². The van der Waals surface area contributed by atoms with Gasteiger partial charge in [0.15, 0.2) is 0 Å². The molecular weight excluding hydrogens is 244 g/mol. The average molecular weight is 266 g/mol. The molecular formula is C14H22N2OS. The van der Waals surface area contributed by atoms with Crippen LogP contribution in [0.15, 0.2) is 11.4 Å². The highest BCUT2D eigenvalue weighted by molar-refractivity contribution is 7.10. The van der Waals surface area contributed by atoms with E-state index in [2.05, 4.69) is 35.9 Å². The van der Waals surface area contributed by atoms with E-state index in [1.807, 2.05) is 0 Å². The summed E-state index contributed by atoms with van der Waals surface area (Å²) in [6.45, 7) is 5.93. The van der Waals surface area contributed by atoms with Gasteiger partial charge in [0.2, 0.25) is 5.91 Å². The summed E-state index contributed by atoms with van der Waals surface area (Å²) >= 11 is 1.73. The van der Waals surface area contributed by atoms with E-state index in [0.29, 0.717) is 12.5 Å². The molecule has 1 aromatic rings. The number of piperidine rings is 1. The zero-order valence-electron chi connectivity index (χ0n) is 11.2. The summed E-state index contributed by atoms with van der Waals surface area (Å²) in [4.78, 5) is 13.4. The first-order valence-corrected chi connectivity index (χ1v) is 7.66. The van der Waals surface area contributed by atoms with Crippen LogP contribution in [0.4, 0.5) is 0 Å². The first-order chi connectivity index (χ1) is 8.72. The second kappa shape index (κ2) is 6.34. The highest BCUT2D eigenvalue weighted by Gasteiger charge is 2.27. The van der Waals surface area contributed by atoms with Crippen LogP contribution in [0.25, 0.3) is 0 Å². The lowest BCUT2D eigenvalue weighted by atomic mass is 9.92. The molecule has 4 heteroatoms. The van der Waals surface area contributed by atoms with E-state index in [4.69, 9.17) is 0 Å². The molecule has 1 aliphatic rings. The van der Waals surface area contributed by atoms with Crippen LogP contribution >= 0.6 is 11.3 Å². The molecule has 1 aliphatic heterocycles. The molecule has 0 radical (unpaired) electrons. The smallest absolute Gasteiger partial charge is 0.237 e. The molecule has 2 unspecified atom stereocenters. The molecule has 0 aromatic carbocycles. The fraction of sp³-hybridized carbons (Fsp3) is 0.643. The Balaban J connectivity index is 1.88. The lowest BCUT2D eigenvalue weighted by Gasteiger charge is -2.28. The second-order valence-electron chi connectivity index (χ2n) is 4.99. The molecule has 1 fully saturated rings. The normalized spacial score (nSPS) is 23.9. The van der Waals surface area contributed by atoms with Crippen molar-refractivity contribution in [2.24, 2.45) is 5.92 Å². The summed E-state index contributed by atoms with van der Waals surface area (Å²) in [5.74, 6) is 0.588. The summed E-state index contributed by atoms with van der Waals surface area (Å²) in [7, 11) is 0. The van der Waals surface area contributed by atoms with Crippen molar-refractivity contribution in [2.45, 2.75) is 45.7 Å². The number of nitrogens with one attached hydrogen (secondary N) is 2. The number of hydrogen-bond donors (Lipinski definition) is 2. The predicted octanol–water partition coefficient (Wildman–Crippen LogP) is 2.31. The van der Waals surface area contributed by atoms with E-state index in [9.17, 15) is 4.79 Å². The average Bonchev–Trinajstić information content (AvgIpc) is 2.84. The Morgan fingerprint density at radius 3 is 3.17 bits per heavy atom. The van der Waals surface area contributed by atoms with Crippen molar-refractivity contribution in [3.05, 3.63) is 21.9 Å². The zero-order chi connectivity index (χ0) is 13.0. The van der Waals surface area contributed by atoms with Crippen LogP contribution in [-0.4, -0.2) is 18.5 Å². The van der Waals surface area contributed by atoms with Crippen molar-refractivity contribution in [1.82, 2.24) is 10.6 Å². The maximum atomic E-state index is 12.1. The molecule has 0 spiro atoms. The number of rotatable bonds is 4. The maximum absolute atomic E-state index is 12.1. The maximum Gasteiger partial charge on any atom is 0.237 e. The minimum atomic E-state index is -0.0104. The van der Waals surface area contributed by atoms with Gasteiger partial charge in [-0.1, -0.05) is 13.8 Å². The molecule has 1 amide bonds. The molecule has 18 heavy (non-hydrogen) atoms. The van der Waals surface area contributed by atoms with Gasteiger partial charge in [-0.2, -0.15) is 0 Å². The molecule has 3 nitrogen and oxygen atoms in total. The van der Waals surface area contributed by atoms with Crippen LogP contribution in [0.5, 0.6) is 0 Å². The molecule has 1 saturated heterocycles. The van der Waals surface area contributed by atoms with Gasteiger partial charge in [-0.3, -0.25) is 4.79 Å². The van der Waals surface area contributed by atoms with E-state index < -0.39 is 0 Å². The number of aryl methyl sites for hydroxylation is 1. The molecule has 0 bridgehead atoms. The lowest BCUT2D eigenvalue weighted by molar-refractivity contribution is -0.125. The predicted molar refractivity (Wildman–Crippen MR) is 75.7 cm³/mol. The summed E-state index contributed by atoms with van der Waals surface area (Å²) in [6.07, 6.45) is 3.35. The van der Waals surface area contributed by atoms with Gasteiger partial charge in [0, 0.05) is 4.88 Å². The topological polar surface area (TPSA) is 41.1 Å². The first kappa shape index (κ1) is 13.6. The molecule has 0 aliphatic carbocycles. The minimum absolute atomic E-state index is 0.0104. The SMILES string of the molecule is CCc1ccsc1CNC(=O)C1NCCCC1C. The molecule has 2 heterocycles. The van der Waals surface area contributed by atoms with Gasteiger partial charge in [-0.15, -0.1) is 11.3 Å². The Bertz CT molecular complexity index is 402. The highest BCUT2D eigenvalue weighted by Crippen LogP contribution is 2.18. The third-order valence-corrected chi connectivity index (χ3v) is 4.66. The highest BCUT2D eigenvalue weighted by atomic mass is 32.1. The molecule has 2 N–H and O–H groups in total. The monoisotopic (exact) mass is 266 g/mol. The van der Waals surface area contributed by atoms with Crippen molar-refractivity contribution in [3.8, 4) is 0 Å². The largest absolute Gasteiger partial charge is 0.350 e. The summed E-state index contributed by atoms with van der Waals surface area (Å²) in [5, 5.41) is 8.49. The fourth-order valence-corrected chi connectivity index (χ4v) is 3.43. The van der Waals surface area contributed by atoms with Crippen LogP contribution in [0.2, 0.25) is 0 Å². The fourth-order valence-electron chi connectivity index (χ4n) is 2.52. The van der Waals surface area contributed by atoms with Gasteiger partial charge in [0.05, 0.1) is 12.6 Å². The molecule has 0 saturated carbocycles. The van der Waals surface area contributed by atoms with Gasteiger partial charge in [-0.25, -0.2) is 0 Å². The van der Waals surface area contributed by atoms with E-state index >= 15 is 0 Å². The van der Waals surface area contributed by atoms with Crippen molar-refractivity contribution in [3.63, 3.8) is 0 Å². The third-order valence-electron chi connectivity index (χ3n) is 3.69. The Morgan fingerprint density at radius 1 is 1.61 bits per heavy atom. The lowest BCUT2D eigenvalue weighted by Crippen LogP contribution is -2.50. The van der Waals surface area contributed by atoms with Gasteiger partial charge >= 0.3 is 0 Å². The number of amides is 1. The van der Waals surface area contributed by atoms with Crippen molar-refractivity contribution < 1.29 is 4.79 Å². The van der Waals surface area contributed by atoms with Gasteiger partial charge in [0.25, 0.3) is 0 Å². The molecule has 2 rings (SSSR count). The molecule has 1 aromatic heterocycles. The summed E-state index contributed by atoms with van der Waals surface area (Å²) in [5.41, 5.74) is 1.35. The van der Waals surface area contributed by atoms with E-state index in [0.717, 1.165) is 19.4 Å². The summed E-state index contributed by atoms with van der Waals surface area (Å²) in [6, 6.07) is 2.14. The second-order valence-corrected chi connectivity index (χ2v) is 5.99. The van der Waals surface area contributed by atoms with Crippen molar-refractivity contribution in [1.29, 1.82) is 0 Å². The quantitative estimate of drug-likeness (QED) is 0.878. The van der Waals surface area contributed by atoms with Crippen LogP contribution in [0.1, 0.15) is 37.1 Å². The molecule has 100 valence electrons. The van der Waals surface area contributed by atoms with Crippen molar-refractivity contribution >= 4 is 17.2 Å². The molecule has 2 atom stereocenters. The Morgan fingerprint density at radius 2 is 2.44 bits per heavy atom. The number of hydrogen-bond acceptors (Lipinski definition) is 3. The summed E-state index contributed by atoms with van der Waals surface area (Å²) < 4.78 is 0. The number of carbonyl (C=O) groups excluding carboxylic acids is 1. The Kier molecular flexibility index (Phi) is 4.78. The van der Waals surface area contributed by atoms with Crippen LogP contribution in [0.3, 0.4) is 0 Å². The third kappa shape index (κ3) is 3.12.